The van der Waals surface area contributed by atoms with Gasteiger partial charge in [0, 0.05) is 22.1 Å². The molecule has 0 fully saturated rings. The summed E-state index contributed by atoms with van der Waals surface area (Å²) in [5.41, 5.74) is 3.80. The molecule has 0 atom stereocenters. The molecule has 0 aliphatic carbocycles. The predicted octanol–water partition coefficient (Wildman–Crippen LogP) is 4.16. The van der Waals surface area contributed by atoms with Crippen molar-refractivity contribution in [1.82, 2.24) is 14.6 Å². The molecule has 0 radical (unpaired) electrons. The standard InChI is InChI=1S/C24H21BrN4O2S/c1-5-28-17-11-10-15(25)12-16(17)18(21(28)30)19-22(31)29-23(32-19)26-20(27-29)13-6-8-14(9-7-13)24(2,3)4/h6-12H,5H2,1-4H3. The Labute approximate surface area is 197 Å². The number of nitrogens with zero attached hydrogens (tertiary/aromatic N) is 4. The van der Waals surface area contributed by atoms with Crippen LogP contribution in [0.15, 0.2) is 51.7 Å². The number of fused-ring (bicyclic) bond motifs is 2. The van der Waals surface area contributed by atoms with Gasteiger partial charge >= 0.3 is 0 Å². The highest BCUT2D eigenvalue weighted by molar-refractivity contribution is 9.10. The van der Waals surface area contributed by atoms with Crippen LogP contribution in [0.2, 0.25) is 0 Å². The van der Waals surface area contributed by atoms with E-state index < -0.39 is 0 Å². The van der Waals surface area contributed by atoms with E-state index in [0.29, 0.717) is 27.4 Å². The van der Waals surface area contributed by atoms with Gasteiger partial charge in [0.2, 0.25) is 4.96 Å². The van der Waals surface area contributed by atoms with Crippen LogP contribution < -0.4 is 15.0 Å². The summed E-state index contributed by atoms with van der Waals surface area (Å²) in [5.74, 6) is 0.335. The van der Waals surface area contributed by atoms with Crippen LogP contribution in [0, 0.1) is 0 Å². The van der Waals surface area contributed by atoms with Gasteiger partial charge in [-0.05, 0) is 36.1 Å². The van der Waals surface area contributed by atoms with Crippen molar-refractivity contribution in [2.75, 3.05) is 11.4 Å². The number of aromatic nitrogens is 3. The number of carbonyl (C=O) groups is 1. The number of hydrogen-bond donors (Lipinski definition) is 0. The number of rotatable bonds is 2. The van der Waals surface area contributed by atoms with Crippen molar-refractivity contribution in [3.8, 4) is 11.4 Å². The molecule has 2 aromatic carbocycles. The second-order valence-electron chi connectivity index (χ2n) is 8.78. The first-order chi connectivity index (χ1) is 15.2. The minimum absolute atomic E-state index is 0.0558. The SMILES string of the molecule is CCN1C(=O)C(=c2sc3nc(-c4ccc(C(C)(C)C)cc4)nn3c2=O)c2cc(Br)ccc21. The van der Waals surface area contributed by atoms with Crippen LogP contribution in [0.25, 0.3) is 21.9 Å². The van der Waals surface area contributed by atoms with E-state index in [1.165, 1.54) is 21.4 Å². The number of thiazole rings is 1. The third-order valence-corrected chi connectivity index (χ3v) is 7.21. The van der Waals surface area contributed by atoms with Crippen LogP contribution >= 0.6 is 27.3 Å². The van der Waals surface area contributed by atoms with Gasteiger partial charge < -0.3 is 4.90 Å². The van der Waals surface area contributed by atoms with Gasteiger partial charge in [0.15, 0.2) is 5.82 Å². The molecule has 0 saturated carbocycles. The number of halogens is 1. The molecule has 0 saturated heterocycles. The number of benzene rings is 2. The van der Waals surface area contributed by atoms with Crippen molar-refractivity contribution in [2.45, 2.75) is 33.1 Å². The average molecular weight is 509 g/mol. The number of hydrogen-bond acceptors (Lipinski definition) is 5. The summed E-state index contributed by atoms with van der Waals surface area (Å²) in [6, 6.07) is 13.8. The molecule has 0 bridgehead atoms. The molecule has 3 heterocycles. The third kappa shape index (κ3) is 3.20. The van der Waals surface area contributed by atoms with E-state index in [1.807, 2.05) is 37.3 Å². The normalized spacial score (nSPS) is 15.7. The summed E-state index contributed by atoms with van der Waals surface area (Å²) in [4.78, 5) is 33.2. The van der Waals surface area contributed by atoms with Crippen molar-refractivity contribution < 1.29 is 4.79 Å². The summed E-state index contributed by atoms with van der Waals surface area (Å²) >= 11 is 4.68. The number of anilines is 1. The van der Waals surface area contributed by atoms with Gasteiger partial charge in [0.1, 0.15) is 4.53 Å². The second-order valence-corrected chi connectivity index (χ2v) is 10.7. The molecule has 0 unspecified atom stereocenters. The molecule has 4 aromatic rings. The van der Waals surface area contributed by atoms with Crippen LogP contribution in [-0.4, -0.2) is 27.0 Å². The highest BCUT2D eigenvalue weighted by atomic mass is 79.9. The molecule has 0 spiro atoms. The van der Waals surface area contributed by atoms with E-state index in [-0.39, 0.29) is 16.9 Å². The first kappa shape index (κ1) is 21.0. The zero-order chi connectivity index (χ0) is 22.8. The Morgan fingerprint density at radius 3 is 2.41 bits per heavy atom. The zero-order valence-corrected chi connectivity index (χ0v) is 20.5. The molecule has 1 aliphatic rings. The molecule has 6 nitrogen and oxygen atoms in total. The summed E-state index contributed by atoms with van der Waals surface area (Å²) in [5, 5.41) is 4.46. The molecule has 32 heavy (non-hydrogen) atoms. The number of likely N-dealkylation sites (N-methyl/N-ethyl adjacent to an activating group) is 1. The largest absolute Gasteiger partial charge is 0.308 e. The molecule has 8 heteroatoms. The third-order valence-electron chi connectivity index (χ3n) is 5.69. The highest BCUT2D eigenvalue weighted by Gasteiger charge is 2.33. The lowest BCUT2D eigenvalue weighted by Crippen LogP contribution is -2.32. The quantitative estimate of drug-likeness (QED) is 0.407. The first-order valence-corrected chi connectivity index (χ1v) is 12.0. The van der Waals surface area contributed by atoms with Gasteiger partial charge in [0.25, 0.3) is 11.5 Å². The van der Waals surface area contributed by atoms with Crippen molar-refractivity contribution in [2.24, 2.45) is 0 Å². The van der Waals surface area contributed by atoms with Gasteiger partial charge in [-0.3, -0.25) is 9.59 Å². The van der Waals surface area contributed by atoms with Gasteiger partial charge in [-0.1, -0.05) is 72.3 Å². The number of carbonyl (C=O) groups excluding carboxylic acids is 1. The monoisotopic (exact) mass is 508 g/mol. The Morgan fingerprint density at radius 2 is 1.78 bits per heavy atom. The first-order valence-electron chi connectivity index (χ1n) is 10.4. The predicted molar refractivity (Wildman–Crippen MR) is 131 cm³/mol. The average Bonchev–Trinajstić information content (AvgIpc) is 3.37. The van der Waals surface area contributed by atoms with E-state index in [0.717, 1.165) is 21.3 Å². The van der Waals surface area contributed by atoms with E-state index in [9.17, 15) is 9.59 Å². The van der Waals surface area contributed by atoms with E-state index in [1.54, 1.807) is 4.90 Å². The lowest BCUT2D eigenvalue weighted by molar-refractivity contribution is -0.113. The highest BCUT2D eigenvalue weighted by Crippen LogP contribution is 2.37. The Hall–Kier alpha value is -2.84. The molecule has 1 amide bonds. The smallest absolute Gasteiger partial charge is 0.291 e. The maximum absolute atomic E-state index is 13.2. The molecular formula is C24H21BrN4O2S. The fraction of sp³-hybridized carbons (Fsp3) is 0.250. The maximum Gasteiger partial charge on any atom is 0.291 e. The van der Waals surface area contributed by atoms with E-state index in [4.69, 9.17) is 0 Å². The van der Waals surface area contributed by atoms with Crippen molar-refractivity contribution in [3.63, 3.8) is 0 Å². The Balaban J connectivity index is 1.66. The van der Waals surface area contributed by atoms with Gasteiger partial charge in [-0.2, -0.15) is 9.50 Å². The van der Waals surface area contributed by atoms with Crippen LogP contribution in [0.4, 0.5) is 5.69 Å². The van der Waals surface area contributed by atoms with Gasteiger partial charge in [-0.15, -0.1) is 5.10 Å². The summed E-state index contributed by atoms with van der Waals surface area (Å²) in [7, 11) is 0. The molecular weight excluding hydrogens is 488 g/mol. The lowest BCUT2D eigenvalue weighted by atomic mass is 9.87. The summed E-state index contributed by atoms with van der Waals surface area (Å²) in [6.45, 7) is 8.94. The molecule has 2 aromatic heterocycles. The van der Waals surface area contributed by atoms with Crippen molar-refractivity contribution in [1.29, 1.82) is 0 Å². The second kappa shape index (κ2) is 7.35. The van der Waals surface area contributed by atoms with Gasteiger partial charge in [0.05, 0.1) is 11.3 Å². The summed E-state index contributed by atoms with van der Waals surface area (Å²) < 4.78 is 2.53. The molecule has 1 aliphatic heterocycles. The minimum atomic E-state index is -0.317. The van der Waals surface area contributed by atoms with Crippen molar-refractivity contribution in [3.05, 3.63) is 73.0 Å². The Bertz CT molecular complexity index is 1500. The zero-order valence-electron chi connectivity index (χ0n) is 18.1. The fourth-order valence-electron chi connectivity index (χ4n) is 3.96. The van der Waals surface area contributed by atoms with E-state index >= 15 is 0 Å². The molecule has 162 valence electrons. The number of amides is 1. The van der Waals surface area contributed by atoms with Crippen LogP contribution in [0.5, 0.6) is 0 Å². The van der Waals surface area contributed by atoms with E-state index in [2.05, 4.69) is 58.9 Å². The Morgan fingerprint density at radius 1 is 1.06 bits per heavy atom. The van der Waals surface area contributed by atoms with Crippen LogP contribution in [0.1, 0.15) is 38.8 Å². The molecule has 0 N–H and O–H groups in total. The summed E-state index contributed by atoms with van der Waals surface area (Å²) in [6.07, 6.45) is 0. The van der Waals surface area contributed by atoms with Crippen LogP contribution in [0.3, 0.4) is 0 Å². The van der Waals surface area contributed by atoms with Gasteiger partial charge in [-0.25, -0.2) is 0 Å². The van der Waals surface area contributed by atoms with Crippen LogP contribution in [-0.2, 0) is 10.2 Å². The Kier molecular flexibility index (Phi) is 4.83. The molecule has 5 rings (SSSR count). The minimum Gasteiger partial charge on any atom is -0.308 e. The topological polar surface area (TPSA) is 67.6 Å². The fourth-order valence-corrected chi connectivity index (χ4v) is 5.32. The lowest BCUT2D eigenvalue weighted by Gasteiger charge is -2.18. The maximum atomic E-state index is 13.2. The van der Waals surface area contributed by atoms with Crippen molar-refractivity contribution >= 4 is 49.4 Å².